The van der Waals surface area contributed by atoms with Crippen LogP contribution in [0.3, 0.4) is 0 Å². The van der Waals surface area contributed by atoms with Crippen LogP contribution in [-0.2, 0) is 13.1 Å². The molecule has 5 nitrogen and oxygen atoms in total. The highest BCUT2D eigenvalue weighted by Crippen LogP contribution is 2.12. The summed E-state index contributed by atoms with van der Waals surface area (Å²) < 4.78 is 15.6. The van der Waals surface area contributed by atoms with Crippen molar-refractivity contribution in [1.82, 2.24) is 14.9 Å². The first kappa shape index (κ1) is 16.7. The fourth-order valence-corrected chi connectivity index (χ4v) is 2.52. The molecule has 0 aliphatic heterocycles. The van der Waals surface area contributed by atoms with Gasteiger partial charge in [0.05, 0.1) is 5.69 Å². The van der Waals surface area contributed by atoms with Crippen molar-refractivity contribution < 1.29 is 9.18 Å². The van der Waals surface area contributed by atoms with Crippen molar-refractivity contribution in [1.29, 1.82) is 0 Å². The second-order valence-corrected chi connectivity index (χ2v) is 5.71. The number of halogens is 1. The van der Waals surface area contributed by atoms with Gasteiger partial charge in [-0.25, -0.2) is 14.2 Å². The standard InChI is InChI=1S/C19H19FN4O/c1-14-21-9-10-24(14)13-16-6-4-5-15(11-16)12-22-19(25)23-18-8-3-2-7-17(18)20/h2-11H,12-13H2,1H3,(H2,22,23,25). The number of nitrogens with zero attached hydrogens (tertiary/aromatic N) is 2. The van der Waals surface area contributed by atoms with Crippen molar-refractivity contribution in [2.24, 2.45) is 0 Å². The van der Waals surface area contributed by atoms with Gasteiger partial charge in [-0.15, -0.1) is 0 Å². The predicted molar refractivity (Wildman–Crippen MR) is 94.8 cm³/mol. The quantitative estimate of drug-likeness (QED) is 0.745. The monoisotopic (exact) mass is 338 g/mol. The lowest BCUT2D eigenvalue weighted by Crippen LogP contribution is -2.28. The highest BCUT2D eigenvalue weighted by molar-refractivity contribution is 5.89. The molecule has 0 aliphatic rings. The molecule has 1 aromatic heterocycles. The van der Waals surface area contributed by atoms with Crippen molar-refractivity contribution in [3.05, 3.63) is 83.7 Å². The highest BCUT2D eigenvalue weighted by atomic mass is 19.1. The number of carbonyl (C=O) groups excluding carboxylic acids is 1. The van der Waals surface area contributed by atoms with E-state index in [9.17, 15) is 9.18 Å². The Hall–Kier alpha value is -3.15. The van der Waals surface area contributed by atoms with Crippen LogP contribution in [0.2, 0.25) is 0 Å². The maximum absolute atomic E-state index is 13.5. The second-order valence-electron chi connectivity index (χ2n) is 5.71. The number of para-hydroxylation sites is 1. The van der Waals surface area contributed by atoms with Crippen LogP contribution in [0.5, 0.6) is 0 Å². The van der Waals surface area contributed by atoms with Crippen molar-refractivity contribution in [2.45, 2.75) is 20.0 Å². The number of imidazole rings is 1. The van der Waals surface area contributed by atoms with Crippen LogP contribution in [0.15, 0.2) is 60.9 Å². The molecule has 2 amide bonds. The summed E-state index contributed by atoms with van der Waals surface area (Å²) in [5.41, 5.74) is 2.25. The third kappa shape index (κ3) is 4.44. The maximum Gasteiger partial charge on any atom is 0.319 e. The SMILES string of the molecule is Cc1nccn1Cc1cccc(CNC(=O)Nc2ccccc2F)c1. The Bertz CT molecular complexity index is 875. The van der Waals surface area contributed by atoms with Crippen LogP contribution < -0.4 is 10.6 Å². The van der Waals surface area contributed by atoms with Crippen LogP contribution >= 0.6 is 0 Å². The van der Waals surface area contributed by atoms with Crippen LogP contribution in [-0.4, -0.2) is 15.6 Å². The number of amides is 2. The van der Waals surface area contributed by atoms with Gasteiger partial charge in [0.1, 0.15) is 11.6 Å². The van der Waals surface area contributed by atoms with E-state index in [0.29, 0.717) is 6.54 Å². The Morgan fingerprint density at radius 2 is 1.96 bits per heavy atom. The predicted octanol–water partition coefficient (Wildman–Crippen LogP) is 3.70. The minimum absolute atomic E-state index is 0.157. The lowest BCUT2D eigenvalue weighted by molar-refractivity contribution is 0.251. The van der Waals surface area contributed by atoms with Gasteiger partial charge in [-0.05, 0) is 30.2 Å². The Kier molecular flexibility index (Phi) is 5.09. The largest absolute Gasteiger partial charge is 0.334 e. The van der Waals surface area contributed by atoms with E-state index >= 15 is 0 Å². The van der Waals surface area contributed by atoms with Crippen molar-refractivity contribution in [2.75, 3.05) is 5.32 Å². The molecule has 2 N–H and O–H groups in total. The average molecular weight is 338 g/mol. The molecule has 0 fully saturated rings. The molecule has 25 heavy (non-hydrogen) atoms. The zero-order chi connectivity index (χ0) is 17.6. The molecule has 0 radical (unpaired) electrons. The molecule has 0 bridgehead atoms. The van der Waals surface area contributed by atoms with E-state index in [1.165, 1.54) is 12.1 Å². The van der Waals surface area contributed by atoms with Gasteiger partial charge in [0.15, 0.2) is 0 Å². The molecule has 6 heteroatoms. The van der Waals surface area contributed by atoms with E-state index in [2.05, 4.69) is 20.2 Å². The molecule has 0 unspecified atom stereocenters. The minimum Gasteiger partial charge on any atom is -0.334 e. The van der Waals surface area contributed by atoms with E-state index < -0.39 is 11.8 Å². The number of nitrogens with one attached hydrogen (secondary N) is 2. The number of benzene rings is 2. The number of hydrogen-bond donors (Lipinski definition) is 2. The van der Waals surface area contributed by atoms with E-state index in [1.807, 2.05) is 37.4 Å². The summed E-state index contributed by atoms with van der Waals surface area (Å²) in [6.07, 6.45) is 3.70. The normalized spacial score (nSPS) is 10.5. The summed E-state index contributed by atoms with van der Waals surface area (Å²) in [5.74, 6) is 0.489. The van der Waals surface area contributed by atoms with Crippen LogP contribution in [0, 0.1) is 12.7 Å². The molecule has 0 saturated carbocycles. The van der Waals surface area contributed by atoms with Gasteiger partial charge >= 0.3 is 6.03 Å². The summed E-state index contributed by atoms with van der Waals surface area (Å²) in [4.78, 5) is 16.1. The fourth-order valence-electron chi connectivity index (χ4n) is 2.52. The smallest absolute Gasteiger partial charge is 0.319 e. The number of carbonyl (C=O) groups is 1. The third-order valence-electron chi connectivity index (χ3n) is 3.84. The van der Waals surface area contributed by atoms with Crippen molar-refractivity contribution in [3.63, 3.8) is 0 Å². The Morgan fingerprint density at radius 1 is 1.16 bits per heavy atom. The number of aromatic nitrogens is 2. The molecule has 1 heterocycles. The zero-order valence-electron chi connectivity index (χ0n) is 13.9. The molecule has 0 aliphatic carbocycles. The first-order valence-electron chi connectivity index (χ1n) is 7.97. The summed E-state index contributed by atoms with van der Waals surface area (Å²) in [6.45, 7) is 3.04. The topological polar surface area (TPSA) is 59.0 Å². The van der Waals surface area contributed by atoms with Gasteiger partial charge in [-0.3, -0.25) is 0 Å². The van der Waals surface area contributed by atoms with Crippen molar-refractivity contribution in [3.8, 4) is 0 Å². The molecule has 0 atom stereocenters. The lowest BCUT2D eigenvalue weighted by Gasteiger charge is -2.10. The molecule has 3 aromatic rings. The van der Waals surface area contributed by atoms with Gasteiger partial charge < -0.3 is 15.2 Å². The molecule has 128 valence electrons. The van der Waals surface area contributed by atoms with E-state index in [1.54, 1.807) is 18.3 Å². The number of urea groups is 1. The maximum atomic E-state index is 13.5. The van der Waals surface area contributed by atoms with Gasteiger partial charge in [0.25, 0.3) is 0 Å². The molecular weight excluding hydrogens is 319 g/mol. The van der Waals surface area contributed by atoms with Gasteiger partial charge in [0, 0.05) is 25.5 Å². The number of anilines is 1. The van der Waals surface area contributed by atoms with Crippen LogP contribution in [0.4, 0.5) is 14.9 Å². The second kappa shape index (κ2) is 7.61. The fraction of sp³-hybridized carbons (Fsp3) is 0.158. The van der Waals surface area contributed by atoms with E-state index in [-0.39, 0.29) is 5.69 Å². The van der Waals surface area contributed by atoms with Gasteiger partial charge in [0.2, 0.25) is 0 Å². The Labute approximate surface area is 145 Å². The molecular formula is C19H19FN4O. The van der Waals surface area contributed by atoms with Crippen molar-refractivity contribution >= 4 is 11.7 Å². The van der Waals surface area contributed by atoms with Gasteiger partial charge in [-0.1, -0.05) is 36.4 Å². The molecule has 3 rings (SSSR count). The van der Waals surface area contributed by atoms with Gasteiger partial charge in [-0.2, -0.15) is 0 Å². The summed E-state index contributed by atoms with van der Waals surface area (Å²) >= 11 is 0. The Balaban J connectivity index is 1.58. The molecule has 0 spiro atoms. The number of rotatable bonds is 5. The number of aryl methyl sites for hydroxylation is 1. The van der Waals surface area contributed by atoms with E-state index in [0.717, 1.165) is 23.5 Å². The number of hydrogen-bond acceptors (Lipinski definition) is 2. The summed E-state index contributed by atoms with van der Waals surface area (Å²) in [6, 6.07) is 13.6. The summed E-state index contributed by atoms with van der Waals surface area (Å²) in [7, 11) is 0. The third-order valence-corrected chi connectivity index (χ3v) is 3.84. The Morgan fingerprint density at radius 3 is 2.72 bits per heavy atom. The average Bonchev–Trinajstić information content (AvgIpc) is 3.00. The molecule has 0 saturated heterocycles. The lowest BCUT2D eigenvalue weighted by atomic mass is 10.1. The first-order valence-corrected chi connectivity index (χ1v) is 7.97. The first-order chi connectivity index (χ1) is 12.1. The molecule has 2 aromatic carbocycles. The van der Waals surface area contributed by atoms with Crippen LogP contribution in [0.1, 0.15) is 17.0 Å². The van der Waals surface area contributed by atoms with Crippen LogP contribution in [0.25, 0.3) is 0 Å². The minimum atomic E-state index is -0.463. The van der Waals surface area contributed by atoms with E-state index in [4.69, 9.17) is 0 Å². The zero-order valence-corrected chi connectivity index (χ0v) is 13.9. The summed E-state index contributed by atoms with van der Waals surface area (Å²) in [5, 5.41) is 5.24. The highest BCUT2D eigenvalue weighted by Gasteiger charge is 2.06.